The van der Waals surface area contributed by atoms with Crippen LogP contribution in [0.2, 0.25) is 0 Å². The van der Waals surface area contributed by atoms with Gasteiger partial charge in [-0.15, -0.1) is 0 Å². The van der Waals surface area contributed by atoms with Gasteiger partial charge in [-0.05, 0) is 136 Å². The molecule has 0 bridgehead atoms. The molecule has 6 rings (SSSR count). The van der Waals surface area contributed by atoms with E-state index in [1.54, 1.807) is 11.1 Å². The lowest BCUT2D eigenvalue weighted by Crippen LogP contribution is -2.60. The topological polar surface area (TPSA) is 0 Å². The Morgan fingerprint density at radius 1 is 0.805 bits per heavy atom. The molecular weight excluding hydrogens is 513 g/mol. The first kappa shape index (κ1) is 29.8. The van der Waals surface area contributed by atoms with Crippen LogP contribution in [0.5, 0.6) is 0 Å². The summed E-state index contributed by atoms with van der Waals surface area (Å²) < 4.78 is 46.6. The number of alkyl halides is 3. The van der Waals surface area contributed by atoms with E-state index in [2.05, 4.69) is 52.0 Å². The van der Waals surface area contributed by atoms with Crippen LogP contribution in [0, 0.1) is 39.4 Å². The van der Waals surface area contributed by atoms with Gasteiger partial charge in [-0.1, -0.05) is 70.0 Å². The smallest absolute Gasteiger partial charge is 0.237 e. The van der Waals surface area contributed by atoms with Crippen molar-refractivity contribution in [1.82, 2.24) is 0 Å². The van der Waals surface area contributed by atoms with Crippen molar-refractivity contribution < 1.29 is 13.2 Å². The molecule has 0 N–H and O–H groups in total. The number of allylic oxidation sites excluding steroid dienone is 2. The lowest BCUT2D eigenvalue weighted by molar-refractivity contribution is -0.209. The molecule has 0 heterocycles. The Kier molecular flexibility index (Phi) is 7.00. The molecule has 6 unspecified atom stereocenters. The van der Waals surface area contributed by atoms with E-state index < -0.39 is 22.4 Å². The van der Waals surface area contributed by atoms with Crippen molar-refractivity contribution in [1.29, 1.82) is 0 Å². The monoisotopic (exact) mass is 568 g/mol. The van der Waals surface area contributed by atoms with E-state index in [9.17, 15) is 0 Å². The number of fused-ring (bicyclic) bond motifs is 4. The van der Waals surface area contributed by atoms with Crippen LogP contribution in [0.15, 0.2) is 35.4 Å². The Morgan fingerprint density at radius 3 is 2.07 bits per heavy atom. The van der Waals surface area contributed by atoms with Gasteiger partial charge in [0.25, 0.3) is 5.92 Å². The van der Waals surface area contributed by atoms with Crippen LogP contribution in [0.3, 0.4) is 0 Å². The first-order valence-corrected chi connectivity index (χ1v) is 16.9. The quantitative estimate of drug-likeness (QED) is 0.317. The van der Waals surface area contributed by atoms with Crippen LogP contribution in [0.1, 0.15) is 143 Å². The zero-order valence-corrected chi connectivity index (χ0v) is 26.9. The number of rotatable bonds is 4. The summed E-state index contributed by atoms with van der Waals surface area (Å²) in [6, 6.07) is 9.14. The Labute approximate surface area is 248 Å². The molecule has 7 atom stereocenters. The Balaban J connectivity index is 1.42. The highest BCUT2D eigenvalue weighted by atomic mass is 19.3. The molecule has 4 fully saturated rings. The van der Waals surface area contributed by atoms with E-state index in [0.29, 0.717) is 29.1 Å². The Hall–Kier alpha value is -1.25. The standard InChI is InChI=1S/C38H55F3/c1-8-25-9-11-26(12-10-25)30-24-34(4)31(16-17-35(34,5)36(6,39)37(7,40)41)29-14-13-27-23-38(18-15-28(27)32(29)30)21-19-33(2,3)20-22-38/h9-12,27,29-31H,8,13-24H2,1-7H3/t27?,29?,30?,31?,34?,35-,36?/m1/s1. The highest BCUT2D eigenvalue weighted by Gasteiger charge is 2.72. The molecule has 228 valence electrons. The van der Waals surface area contributed by atoms with Crippen molar-refractivity contribution in [2.24, 2.45) is 39.4 Å². The van der Waals surface area contributed by atoms with Gasteiger partial charge < -0.3 is 0 Å². The second kappa shape index (κ2) is 9.62. The predicted molar refractivity (Wildman–Crippen MR) is 164 cm³/mol. The molecule has 0 nitrogen and oxygen atoms in total. The molecule has 0 radical (unpaired) electrons. The maximum Gasteiger partial charge on any atom is 0.278 e. The molecule has 4 saturated carbocycles. The molecule has 5 aliphatic carbocycles. The SMILES string of the molecule is CCc1ccc(C2CC3(C)C(CC[C@@]3(C)C(C)(F)C(C)(F)F)C3CCC4CC5(CCC4=C23)CCC(C)(C)CC5)cc1. The Bertz CT molecular complexity index is 1170. The van der Waals surface area contributed by atoms with Gasteiger partial charge in [-0.3, -0.25) is 0 Å². The first-order valence-electron chi connectivity index (χ1n) is 16.9. The summed E-state index contributed by atoms with van der Waals surface area (Å²) in [6.45, 7) is 13.2. The number of aryl methyl sites for hydroxylation is 1. The molecule has 0 saturated heterocycles. The summed E-state index contributed by atoms with van der Waals surface area (Å²) in [6.07, 6.45) is 14.9. The number of benzene rings is 1. The number of hydrogen-bond acceptors (Lipinski definition) is 0. The molecule has 0 aromatic heterocycles. The molecule has 0 aliphatic heterocycles. The maximum atomic E-state index is 16.5. The maximum absolute atomic E-state index is 16.5. The highest BCUT2D eigenvalue weighted by molar-refractivity contribution is 5.42. The van der Waals surface area contributed by atoms with Crippen molar-refractivity contribution in [3.05, 3.63) is 46.5 Å². The molecule has 1 aromatic rings. The van der Waals surface area contributed by atoms with E-state index in [4.69, 9.17) is 0 Å². The van der Waals surface area contributed by atoms with Crippen molar-refractivity contribution in [2.45, 2.75) is 149 Å². The molecule has 1 spiro atoms. The van der Waals surface area contributed by atoms with E-state index in [-0.39, 0.29) is 11.8 Å². The van der Waals surface area contributed by atoms with Gasteiger partial charge in [0.2, 0.25) is 0 Å². The summed E-state index contributed by atoms with van der Waals surface area (Å²) in [5, 5.41) is 0. The summed E-state index contributed by atoms with van der Waals surface area (Å²) in [7, 11) is 0. The third kappa shape index (κ3) is 4.43. The van der Waals surface area contributed by atoms with Crippen molar-refractivity contribution in [3.8, 4) is 0 Å². The van der Waals surface area contributed by atoms with Gasteiger partial charge in [0.1, 0.15) is 0 Å². The molecule has 5 aliphatic rings. The summed E-state index contributed by atoms with van der Waals surface area (Å²) in [5.74, 6) is -1.80. The molecule has 1 aromatic carbocycles. The predicted octanol–water partition coefficient (Wildman–Crippen LogP) is 11.6. The number of hydrogen-bond donors (Lipinski definition) is 0. The third-order valence-corrected chi connectivity index (χ3v) is 14.5. The average molecular weight is 569 g/mol. The van der Waals surface area contributed by atoms with Crippen molar-refractivity contribution in [2.75, 3.05) is 0 Å². The molecule has 0 amide bonds. The fourth-order valence-corrected chi connectivity index (χ4v) is 11.1. The highest BCUT2D eigenvalue weighted by Crippen LogP contribution is 2.74. The van der Waals surface area contributed by atoms with Crippen molar-refractivity contribution >= 4 is 0 Å². The fourth-order valence-electron chi connectivity index (χ4n) is 11.1. The first-order chi connectivity index (χ1) is 19.1. The van der Waals surface area contributed by atoms with Crippen LogP contribution >= 0.6 is 0 Å². The summed E-state index contributed by atoms with van der Waals surface area (Å²) >= 11 is 0. The number of halogens is 3. The van der Waals surface area contributed by atoms with Gasteiger partial charge in [-0.2, -0.15) is 0 Å². The third-order valence-electron chi connectivity index (χ3n) is 14.5. The van der Waals surface area contributed by atoms with Crippen LogP contribution < -0.4 is 0 Å². The van der Waals surface area contributed by atoms with Crippen LogP contribution in [-0.2, 0) is 6.42 Å². The zero-order valence-electron chi connectivity index (χ0n) is 26.9. The normalized spacial score (nSPS) is 39.6. The van der Waals surface area contributed by atoms with Crippen LogP contribution in [0.25, 0.3) is 0 Å². The van der Waals surface area contributed by atoms with E-state index in [1.165, 1.54) is 69.4 Å². The van der Waals surface area contributed by atoms with Gasteiger partial charge in [0.05, 0.1) is 0 Å². The molecule has 41 heavy (non-hydrogen) atoms. The Morgan fingerprint density at radius 2 is 1.46 bits per heavy atom. The average Bonchev–Trinajstić information content (AvgIpc) is 3.21. The van der Waals surface area contributed by atoms with Gasteiger partial charge in [0, 0.05) is 18.3 Å². The zero-order chi connectivity index (χ0) is 29.6. The van der Waals surface area contributed by atoms with E-state index in [1.807, 2.05) is 6.92 Å². The fraction of sp³-hybridized carbons (Fsp3) is 0.789. The summed E-state index contributed by atoms with van der Waals surface area (Å²) in [5.41, 5.74) is 2.99. The van der Waals surface area contributed by atoms with Crippen molar-refractivity contribution in [3.63, 3.8) is 0 Å². The largest absolute Gasteiger partial charge is 0.278 e. The minimum atomic E-state index is -3.37. The lowest BCUT2D eigenvalue weighted by atomic mass is 9.45. The second-order valence-electron chi connectivity index (χ2n) is 16.9. The van der Waals surface area contributed by atoms with Gasteiger partial charge in [-0.25, -0.2) is 13.2 Å². The molecule has 3 heteroatoms. The van der Waals surface area contributed by atoms with E-state index in [0.717, 1.165) is 32.6 Å². The van der Waals surface area contributed by atoms with Crippen LogP contribution in [-0.4, -0.2) is 11.6 Å². The minimum absolute atomic E-state index is 0.211. The van der Waals surface area contributed by atoms with Gasteiger partial charge >= 0.3 is 0 Å². The lowest BCUT2D eigenvalue weighted by Gasteiger charge is -2.60. The molecular formula is C38H55F3. The minimum Gasteiger partial charge on any atom is -0.237 e. The summed E-state index contributed by atoms with van der Waals surface area (Å²) in [4.78, 5) is 0. The van der Waals surface area contributed by atoms with Crippen LogP contribution in [0.4, 0.5) is 13.2 Å². The second-order valence-corrected chi connectivity index (χ2v) is 16.9. The van der Waals surface area contributed by atoms with E-state index >= 15 is 13.2 Å². The van der Waals surface area contributed by atoms with Gasteiger partial charge in [0.15, 0.2) is 5.67 Å².